The molecule has 1 aromatic carbocycles. The van der Waals surface area contributed by atoms with Crippen LogP contribution in [0, 0.1) is 20.8 Å². The standard InChI is InChI=1S/C26H31N7O2/c1-12(2)19-11-22(33(31-19)13(3)4)30-26-24-17-10-21(34-8)18(23-14(5)32-35-15(23)6)9-20(17)29-25(24)27-16(7)28-26/h9-13H,1-8H3,(H2,27,28,29,30). The fourth-order valence-electron chi connectivity index (χ4n) is 4.56. The molecule has 35 heavy (non-hydrogen) atoms. The van der Waals surface area contributed by atoms with Crippen molar-refractivity contribution in [2.24, 2.45) is 0 Å². The number of aryl methyl sites for hydroxylation is 3. The van der Waals surface area contributed by atoms with Crippen molar-refractivity contribution in [3.05, 3.63) is 41.2 Å². The molecule has 0 bridgehead atoms. The summed E-state index contributed by atoms with van der Waals surface area (Å²) < 4.78 is 13.2. The van der Waals surface area contributed by atoms with E-state index in [1.807, 2.05) is 31.5 Å². The average molecular weight is 474 g/mol. The Kier molecular flexibility index (Phi) is 5.50. The van der Waals surface area contributed by atoms with Crippen LogP contribution >= 0.6 is 0 Å². The molecule has 0 fully saturated rings. The Balaban J connectivity index is 1.73. The van der Waals surface area contributed by atoms with Gasteiger partial charge in [0.05, 0.1) is 29.4 Å². The molecule has 0 aliphatic heterocycles. The number of aromatic amines is 1. The van der Waals surface area contributed by atoms with Gasteiger partial charge in [-0.2, -0.15) is 5.10 Å². The predicted molar refractivity (Wildman–Crippen MR) is 138 cm³/mol. The molecule has 182 valence electrons. The Labute approximate surface area is 203 Å². The second-order valence-corrected chi connectivity index (χ2v) is 9.54. The van der Waals surface area contributed by atoms with Crippen LogP contribution in [0.3, 0.4) is 0 Å². The number of hydrogen-bond acceptors (Lipinski definition) is 7. The monoisotopic (exact) mass is 473 g/mol. The molecule has 5 aromatic rings. The predicted octanol–water partition coefficient (Wildman–Crippen LogP) is 6.34. The van der Waals surface area contributed by atoms with Crippen LogP contribution in [0.15, 0.2) is 22.7 Å². The third-order valence-electron chi connectivity index (χ3n) is 6.27. The van der Waals surface area contributed by atoms with Gasteiger partial charge in [-0.1, -0.05) is 19.0 Å². The van der Waals surface area contributed by atoms with E-state index in [9.17, 15) is 0 Å². The molecule has 0 aliphatic rings. The molecule has 0 atom stereocenters. The second-order valence-electron chi connectivity index (χ2n) is 9.54. The smallest absolute Gasteiger partial charge is 0.145 e. The summed E-state index contributed by atoms with van der Waals surface area (Å²) in [6.07, 6.45) is 0. The van der Waals surface area contributed by atoms with Gasteiger partial charge >= 0.3 is 0 Å². The molecular weight excluding hydrogens is 442 g/mol. The number of benzene rings is 1. The number of hydrogen-bond donors (Lipinski definition) is 2. The average Bonchev–Trinajstić information content (AvgIpc) is 3.47. The first-order valence-corrected chi connectivity index (χ1v) is 11.9. The third kappa shape index (κ3) is 3.80. The molecule has 0 radical (unpaired) electrons. The summed E-state index contributed by atoms with van der Waals surface area (Å²) >= 11 is 0. The zero-order valence-corrected chi connectivity index (χ0v) is 21.4. The highest BCUT2D eigenvalue weighted by Crippen LogP contribution is 2.41. The van der Waals surface area contributed by atoms with Crippen LogP contribution in [0.2, 0.25) is 0 Å². The van der Waals surface area contributed by atoms with E-state index in [0.29, 0.717) is 11.7 Å². The highest BCUT2D eigenvalue weighted by atomic mass is 16.5. The van der Waals surface area contributed by atoms with Gasteiger partial charge in [0.1, 0.15) is 34.6 Å². The topological polar surface area (TPSA) is 107 Å². The number of methoxy groups -OCH3 is 1. The third-order valence-corrected chi connectivity index (χ3v) is 6.27. The minimum atomic E-state index is 0.198. The largest absolute Gasteiger partial charge is 0.496 e. The molecule has 2 N–H and O–H groups in total. The molecule has 0 spiro atoms. The zero-order chi connectivity index (χ0) is 25.0. The summed E-state index contributed by atoms with van der Waals surface area (Å²) in [7, 11) is 1.67. The SMILES string of the molecule is COc1cc2c(cc1-c1c(C)noc1C)[nH]c1nc(C)nc(Nc3cc(C(C)C)nn3C(C)C)c12. The quantitative estimate of drug-likeness (QED) is 0.296. The molecule has 9 heteroatoms. The highest BCUT2D eigenvalue weighted by molar-refractivity contribution is 6.13. The second kappa shape index (κ2) is 8.41. The normalized spacial score (nSPS) is 11.9. The number of nitrogens with zero attached hydrogens (tertiary/aromatic N) is 5. The van der Waals surface area contributed by atoms with Gasteiger partial charge < -0.3 is 19.6 Å². The van der Waals surface area contributed by atoms with Crippen molar-refractivity contribution >= 4 is 33.6 Å². The number of rotatable bonds is 6. The van der Waals surface area contributed by atoms with Crippen LogP contribution in [-0.2, 0) is 0 Å². The summed E-state index contributed by atoms with van der Waals surface area (Å²) in [5, 5.41) is 14.3. The summed E-state index contributed by atoms with van der Waals surface area (Å²) in [6.45, 7) is 14.3. The van der Waals surface area contributed by atoms with E-state index in [2.05, 4.69) is 60.3 Å². The maximum atomic E-state index is 5.81. The van der Waals surface area contributed by atoms with E-state index in [1.54, 1.807) is 7.11 Å². The van der Waals surface area contributed by atoms with Crippen molar-refractivity contribution < 1.29 is 9.26 Å². The van der Waals surface area contributed by atoms with Crippen molar-refractivity contribution in [2.45, 2.75) is 60.4 Å². The number of fused-ring (bicyclic) bond motifs is 3. The lowest BCUT2D eigenvalue weighted by atomic mass is 10.0. The van der Waals surface area contributed by atoms with Crippen LogP contribution in [-0.4, -0.2) is 37.0 Å². The maximum absolute atomic E-state index is 5.81. The van der Waals surface area contributed by atoms with Gasteiger partial charge in [0.2, 0.25) is 0 Å². The van der Waals surface area contributed by atoms with E-state index in [1.165, 1.54) is 0 Å². The fraction of sp³-hybridized carbons (Fsp3) is 0.385. The first kappa shape index (κ1) is 22.9. The lowest BCUT2D eigenvalue weighted by Gasteiger charge is -2.13. The Hall–Kier alpha value is -3.88. The molecule has 9 nitrogen and oxygen atoms in total. The fourth-order valence-corrected chi connectivity index (χ4v) is 4.56. The summed E-state index contributed by atoms with van der Waals surface area (Å²) in [5.41, 5.74) is 5.39. The van der Waals surface area contributed by atoms with E-state index < -0.39 is 0 Å². The lowest BCUT2D eigenvalue weighted by molar-refractivity contribution is 0.393. The Morgan fingerprint density at radius 1 is 1.06 bits per heavy atom. The number of ether oxygens (including phenoxy) is 1. The van der Waals surface area contributed by atoms with E-state index in [4.69, 9.17) is 19.3 Å². The molecular formula is C26H31N7O2. The molecule has 0 unspecified atom stereocenters. The molecule has 0 saturated carbocycles. The van der Waals surface area contributed by atoms with Gasteiger partial charge in [0.25, 0.3) is 0 Å². The Morgan fingerprint density at radius 3 is 2.46 bits per heavy atom. The zero-order valence-electron chi connectivity index (χ0n) is 21.4. The summed E-state index contributed by atoms with van der Waals surface area (Å²) in [6, 6.07) is 6.39. The first-order chi connectivity index (χ1) is 16.7. The van der Waals surface area contributed by atoms with E-state index in [-0.39, 0.29) is 6.04 Å². The molecule has 0 amide bonds. The minimum Gasteiger partial charge on any atom is -0.496 e. The number of aromatic nitrogens is 6. The molecule has 4 aromatic heterocycles. The Morgan fingerprint density at radius 2 is 1.83 bits per heavy atom. The van der Waals surface area contributed by atoms with E-state index >= 15 is 0 Å². The number of anilines is 2. The van der Waals surface area contributed by atoms with Gasteiger partial charge in [-0.3, -0.25) is 0 Å². The van der Waals surface area contributed by atoms with Gasteiger partial charge in [-0.05, 0) is 52.7 Å². The number of H-pyrrole nitrogens is 1. The molecule has 5 rings (SSSR count). The van der Waals surface area contributed by atoms with Gasteiger partial charge in [-0.25, -0.2) is 14.6 Å². The van der Waals surface area contributed by atoms with Crippen molar-refractivity contribution in [1.82, 2.24) is 29.9 Å². The van der Waals surface area contributed by atoms with Gasteiger partial charge in [0, 0.05) is 28.6 Å². The van der Waals surface area contributed by atoms with Crippen LogP contribution in [0.4, 0.5) is 11.6 Å². The summed E-state index contributed by atoms with van der Waals surface area (Å²) in [4.78, 5) is 12.9. The molecule has 0 saturated heterocycles. The van der Waals surface area contributed by atoms with Gasteiger partial charge in [-0.15, -0.1) is 0 Å². The maximum Gasteiger partial charge on any atom is 0.145 e. The summed E-state index contributed by atoms with van der Waals surface area (Å²) in [5.74, 6) is 4.09. The van der Waals surface area contributed by atoms with Crippen LogP contribution in [0.5, 0.6) is 5.75 Å². The molecule has 4 heterocycles. The van der Waals surface area contributed by atoms with E-state index in [0.717, 1.165) is 67.6 Å². The van der Waals surface area contributed by atoms with Crippen LogP contribution in [0.1, 0.15) is 62.6 Å². The lowest BCUT2D eigenvalue weighted by Crippen LogP contribution is -2.09. The Bertz CT molecular complexity index is 1540. The number of nitrogens with one attached hydrogen (secondary N) is 2. The van der Waals surface area contributed by atoms with Crippen molar-refractivity contribution in [3.8, 4) is 16.9 Å². The van der Waals surface area contributed by atoms with Crippen molar-refractivity contribution in [1.29, 1.82) is 0 Å². The van der Waals surface area contributed by atoms with Crippen molar-refractivity contribution in [2.75, 3.05) is 12.4 Å². The highest BCUT2D eigenvalue weighted by Gasteiger charge is 2.21. The molecule has 0 aliphatic carbocycles. The van der Waals surface area contributed by atoms with Gasteiger partial charge in [0.15, 0.2) is 0 Å². The van der Waals surface area contributed by atoms with Crippen LogP contribution < -0.4 is 10.1 Å². The minimum absolute atomic E-state index is 0.198. The van der Waals surface area contributed by atoms with Crippen LogP contribution in [0.25, 0.3) is 33.1 Å². The first-order valence-electron chi connectivity index (χ1n) is 11.9. The van der Waals surface area contributed by atoms with Crippen molar-refractivity contribution in [3.63, 3.8) is 0 Å².